The second-order valence-corrected chi connectivity index (χ2v) is 9.31. The molecule has 1 aromatic carbocycles. The average molecular weight is 388 g/mol. The van der Waals surface area contributed by atoms with E-state index in [0.717, 1.165) is 10.6 Å². The van der Waals surface area contributed by atoms with E-state index in [1.807, 2.05) is 37.3 Å². The number of hydrogen-bond acceptors (Lipinski definition) is 5. The topological polar surface area (TPSA) is 74.8 Å². The summed E-state index contributed by atoms with van der Waals surface area (Å²) in [5.41, 5.74) is 1.88. The van der Waals surface area contributed by atoms with Crippen LogP contribution in [0.2, 0.25) is 0 Å². The monoisotopic (exact) mass is 387 g/mol. The highest BCUT2D eigenvalue weighted by Crippen LogP contribution is 2.24. The molecule has 0 unspecified atom stereocenters. The van der Waals surface area contributed by atoms with E-state index in [0.29, 0.717) is 15.4 Å². The highest BCUT2D eigenvalue weighted by Gasteiger charge is 2.13. The van der Waals surface area contributed by atoms with Gasteiger partial charge in [0.15, 0.2) is 5.16 Å². The molecule has 136 valence electrons. The van der Waals surface area contributed by atoms with E-state index in [4.69, 9.17) is 0 Å². The third-order valence-electron chi connectivity index (χ3n) is 3.88. The summed E-state index contributed by atoms with van der Waals surface area (Å²) in [4.78, 5) is 33.1. The van der Waals surface area contributed by atoms with E-state index in [9.17, 15) is 9.59 Å². The molecule has 26 heavy (non-hydrogen) atoms. The van der Waals surface area contributed by atoms with Crippen LogP contribution >= 0.6 is 23.1 Å². The van der Waals surface area contributed by atoms with Crippen molar-refractivity contribution in [2.24, 2.45) is 0 Å². The molecule has 0 aliphatic carbocycles. The minimum Gasteiger partial charge on any atom is -0.325 e. The van der Waals surface area contributed by atoms with Crippen LogP contribution < -0.4 is 10.9 Å². The summed E-state index contributed by atoms with van der Waals surface area (Å²) in [7, 11) is 0. The van der Waals surface area contributed by atoms with Gasteiger partial charge in [0.2, 0.25) is 5.91 Å². The average Bonchev–Trinajstić information content (AvgIpc) is 2.93. The molecule has 0 saturated heterocycles. The van der Waals surface area contributed by atoms with Gasteiger partial charge in [-0.25, -0.2) is 4.98 Å². The highest BCUT2D eigenvalue weighted by molar-refractivity contribution is 7.99. The van der Waals surface area contributed by atoms with Crippen LogP contribution in [0.1, 0.15) is 31.2 Å². The van der Waals surface area contributed by atoms with Gasteiger partial charge in [-0.15, -0.1) is 11.3 Å². The summed E-state index contributed by atoms with van der Waals surface area (Å²) in [5.74, 6) is 0.0448. The lowest BCUT2D eigenvalue weighted by Crippen LogP contribution is -2.16. The van der Waals surface area contributed by atoms with Gasteiger partial charge in [0.25, 0.3) is 5.56 Å². The number of H-pyrrole nitrogens is 1. The second kappa shape index (κ2) is 7.25. The first-order valence-corrected chi connectivity index (χ1v) is 10.1. The first-order chi connectivity index (χ1) is 12.2. The van der Waals surface area contributed by atoms with E-state index >= 15 is 0 Å². The Labute approximate surface area is 160 Å². The smallest absolute Gasteiger partial charge is 0.260 e. The van der Waals surface area contributed by atoms with E-state index < -0.39 is 0 Å². The van der Waals surface area contributed by atoms with Gasteiger partial charge in [-0.1, -0.05) is 44.7 Å². The Bertz CT molecular complexity index is 998. The van der Waals surface area contributed by atoms with Crippen LogP contribution in [0.5, 0.6) is 0 Å². The summed E-state index contributed by atoms with van der Waals surface area (Å²) in [6.07, 6.45) is 0. The number of aryl methyl sites for hydroxylation is 1. The molecular formula is C19H21N3O2S2. The van der Waals surface area contributed by atoms with Crippen molar-refractivity contribution in [3.05, 3.63) is 51.1 Å². The molecule has 0 aliphatic rings. The van der Waals surface area contributed by atoms with Crippen LogP contribution in [-0.4, -0.2) is 21.6 Å². The van der Waals surface area contributed by atoms with E-state index in [1.54, 1.807) is 0 Å². The van der Waals surface area contributed by atoms with Crippen molar-refractivity contribution >= 4 is 44.9 Å². The minimum absolute atomic E-state index is 0.0781. The van der Waals surface area contributed by atoms with Crippen LogP contribution in [-0.2, 0) is 10.2 Å². The Morgan fingerprint density at radius 2 is 1.96 bits per heavy atom. The number of hydrogen-bond donors (Lipinski definition) is 2. The molecule has 3 aromatic rings. The molecule has 1 amide bonds. The predicted molar refractivity (Wildman–Crippen MR) is 109 cm³/mol. The number of thioether (sulfide) groups is 1. The number of thiophene rings is 1. The van der Waals surface area contributed by atoms with Crippen molar-refractivity contribution in [2.45, 2.75) is 38.3 Å². The molecule has 0 spiro atoms. The highest BCUT2D eigenvalue weighted by atomic mass is 32.2. The number of aromatic amines is 1. The molecule has 0 saturated carbocycles. The quantitative estimate of drug-likeness (QED) is 0.516. The van der Waals surface area contributed by atoms with Crippen LogP contribution in [0.25, 0.3) is 10.2 Å². The van der Waals surface area contributed by atoms with Gasteiger partial charge in [0.05, 0.1) is 11.1 Å². The van der Waals surface area contributed by atoms with Gasteiger partial charge in [-0.05, 0) is 36.1 Å². The largest absolute Gasteiger partial charge is 0.325 e. The molecule has 7 heteroatoms. The van der Waals surface area contributed by atoms with Gasteiger partial charge in [-0.2, -0.15) is 0 Å². The number of carbonyl (C=O) groups excluding carboxylic acids is 1. The van der Waals surface area contributed by atoms with Crippen molar-refractivity contribution in [3.8, 4) is 0 Å². The lowest BCUT2D eigenvalue weighted by Gasteiger charge is -2.19. The molecule has 0 fully saturated rings. The first-order valence-electron chi connectivity index (χ1n) is 8.26. The minimum atomic E-state index is -0.167. The summed E-state index contributed by atoms with van der Waals surface area (Å²) >= 11 is 2.70. The van der Waals surface area contributed by atoms with Crippen LogP contribution in [0.4, 0.5) is 5.69 Å². The predicted octanol–water partition coefficient (Wildman–Crippen LogP) is 4.32. The Balaban J connectivity index is 1.63. The lowest BCUT2D eigenvalue weighted by molar-refractivity contribution is -0.113. The summed E-state index contributed by atoms with van der Waals surface area (Å²) in [6.45, 7) is 8.39. The van der Waals surface area contributed by atoms with Gasteiger partial charge < -0.3 is 10.3 Å². The number of nitrogens with one attached hydrogen (secondary N) is 2. The number of fused-ring (bicyclic) bond motifs is 1. The van der Waals surface area contributed by atoms with Gasteiger partial charge in [0, 0.05) is 10.6 Å². The van der Waals surface area contributed by atoms with E-state index in [-0.39, 0.29) is 22.6 Å². The molecule has 0 atom stereocenters. The fraction of sp³-hybridized carbons (Fsp3) is 0.316. The van der Waals surface area contributed by atoms with E-state index in [2.05, 4.69) is 36.1 Å². The van der Waals surface area contributed by atoms with Crippen LogP contribution in [0.15, 0.2) is 40.3 Å². The number of rotatable bonds is 4. The zero-order chi connectivity index (χ0) is 18.9. The normalized spacial score (nSPS) is 11.7. The zero-order valence-corrected chi connectivity index (χ0v) is 16.8. The fourth-order valence-electron chi connectivity index (χ4n) is 2.49. The molecule has 0 aliphatic heterocycles. The molecule has 2 heterocycles. The third kappa shape index (κ3) is 4.34. The van der Waals surface area contributed by atoms with Gasteiger partial charge in [-0.3, -0.25) is 9.59 Å². The van der Waals surface area contributed by atoms with Crippen molar-refractivity contribution in [1.82, 2.24) is 9.97 Å². The number of nitrogens with zero attached hydrogens (tertiary/aromatic N) is 1. The van der Waals surface area contributed by atoms with E-state index in [1.165, 1.54) is 28.7 Å². The van der Waals surface area contributed by atoms with Crippen molar-refractivity contribution in [1.29, 1.82) is 0 Å². The SMILES string of the molecule is Cc1cc2c(=O)[nH]c(SCC(=O)Nc3ccc(C(C)(C)C)cc3)nc2s1. The lowest BCUT2D eigenvalue weighted by atomic mass is 9.87. The maximum Gasteiger partial charge on any atom is 0.260 e. The zero-order valence-electron chi connectivity index (χ0n) is 15.2. The maximum atomic E-state index is 12.2. The second-order valence-electron chi connectivity index (χ2n) is 7.11. The van der Waals surface area contributed by atoms with Gasteiger partial charge in [0.1, 0.15) is 4.83 Å². The van der Waals surface area contributed by atoms with Crippen LogP contribution in [0, 0.1) is 6.92 Å². The van der Waals surface area contributed by atoms with Crippen molar-refractivity contribution in [3.63, 3.8) is 0 Å². The first kappa shape index (κ1) is 18.7. The number of carbonyl (C=O) groups is 1. The summed E-state index contributed by atoms with van der Waals surface area (Å²) in [6, 6.07) is 9.69. The number of aromatic nitrogens is 2. The molecule has 0 radical (unpaired) electrons. The molecular weight excluding hydrogens is 366 g/mol. The molecule has 0 bridgehead atoms. The number of amides is 1. The maximum absolute atomic E-state index is 12.2. The third-order valence-corrected chi connectivity index (χ3v) is 5.70. The number of anilines is 1. The summed E-state index contributed by atoms with van der Waals surface area (Å²) < 4.78 is 0. The number of benzene rings is 1. The Morgan fingerprint density at radius 3 is 2.62 bits per heavy atom. The standard InChI is InChI=1S/C19H21N3O2S2/c1-11-9-14-16(24)21-18(22-17(14)26-11)25-10-15(23)20-13-7-5-12(6-8-13)19(2,3)4/h5-9H,10H2,1-4H3,(H,20,23)(H,21,22,24). The molecule has 5 nitrogen and oxygen atoms in total. The van der Waals surface area contributed by atoms with Crippen molar-refractivity contribution in [2.75, 3.05) is 11.1 Å². The Hall–Kier alpha value is -2.12. The molecule has 2 aromatic heterocycles. The fourth-order valence-corrected chi connectivity index (χ4v) is 4.08. The van der Waals surface area contributed by atoms with Crippen LogP contribution in [0.3, 0.4) is 0 Å². The molecule has 2 N–H and O–H groups in total. The Morgan fingerprint density at radius 1 is 1.27 bits per heavy atom. The summed E-state index contributed by atoms with van der Waals surface area (Å²) in [5, 5.41) is 3.93. The Kier molecular flexibility index (Phi) is 5.20. The molecule has 3 rings (SSSR count). The van der Waals surface area contributed by atoms with Gasteiger partial charge >= 0.3 is 0 Å². The van der Waals surface area contributed by atoms with Crippen molar-refractivity contribution < 1.29 is 4.79 Å².